The zero-order valence-corrected chi connectivity index (χ0v) is 17.3. The highest BCUT2D eigenvalue weighted by molar-refractivity contribution is 9.10. The molecule has 4 nitrogen and oxygen atoms in total. The third-order valence-electron chi connectivity index (χ3n) is 4.67. The summed E-state index contributed by atoms with van der Waals surface area (Å²) in [5.74, 6) is 0. The standard InChI is InChI=1S/C22H14BrN3OS/c1-12-4-7-19(28-12)21-15(10-16-17(23)11-20(27)25-22(16)26-21)13-5-6-18-14(9-13)3-2-8-24-18/h2-11H,1H3,(H,25,26,27). The van der Waals surface area contributed by atoms with Gasteiger partial charge in [0.2, 0.25) is 0 Å². The van der Waals surface area contributed by atoms with Gasteiger partial charge in [0.1, 0.15) is 5.65 Å². The Kier molecular flexibility index (Phi) is 4.10. The second-order valence-electron chi connectivity index (χ2n) is 6.58. The molecule has 0 aliphatic heterocycles. The van der Waals surface area contributed by atoms with Crippen LogP contribution in [0.15, 0.2) is 70.1 Å². The lowest BCUT2D eigenvalue weighted by Gasteiger charge is -2.11. The molecule has 0 radical (unpaired) electrons. The average Bonchev–Trinajstić information content (AvgIpc) is 3.13. The van der Waals surface area contributed by atoms with Gasteiger partial charge in [-0.05, 0) is 64.8 Å². The first-order valence-electron chi connectivity index (χ1n) is 8.74. The third-order valence-corrected chi connectivity index (χ3v) is 6.33. The van der Waals surface area contributed by atoms with Gasteiger partial charge in [0.25, 0.3) is 5.56 Å². The Labute approximate surface area is 173 Å². The number of nitrogens with zero attached hydrogens (tertiary/aromatic N) is 2. The van der Waals surface area contributed by atoms with Crippen LogP contribution in [0.1, 0.15) is 4.88 Å². The van der Waals surface area contributed by atoms with Crippen molar-refractivity contribution in [2.45, 2.75) is 6.92 Å². The maximum Gasteiger partial charge on any atom is 0.250 e. The van der Waals surface area contributed by atoms with E-state index >= 15 is 0 Å². The van der Waals surface area contributed by atoms with Gasteiger partial charge in [-0.15, -0.1) is 11.3 Å². The van der Waals surface area contributed by atoms with Crippen LogP contribution in [-0.4, -0.2) is 15.0 Å². The van der Waals surface area contributed by atoms with Crippen molar-refractivity contribution < 1.29 is 0 Å². The van der Waals surface area contributed by atoms with E-state index in [1.165, 1.54) is 10.9 Å². The van der Waals surface area contributed by atoms with Crippen molar-refractivity contribution in [1.82, 2.24) is 15.0 Å². The van der Waals surface area contributed by atoms with Crippen LogP contribution < -0.4 is 5.56 Å². The predicted molar refractivity (Wildman–Crippen MR) is 119 cm³/mol. The Hall–Kier alpha value is -2.83. The highest BCUT2D eigenvalue weighted by atomic mass is 79.9. The fourth-order valence-electron chi connectivity index (χ4n) is 3.35. The molecular weight excluding hydrogens is 434 g/mol. The van der Waals surface area contributed by atoms with Crippen molar-refractivity contribution in [3.8, 4) is 21.7 Å². The lowest BCUT2D eigenvalue weighted by atomic mass is 9.99. The van der Waals surface area contributed by atoms with Crippen LogP contribution in [-0.2, 0) is 0 Å². The van der Waals surface area contributed by atoms with Crippen LogP contribution >= 0.6 is 27.3 Å². The third kappa shape index (κ3) is 2.95. The molecular formula is C22H14BrN3OS. The second-order valence-corrected chi connectivity index (χ2v) is 8.73. The van der Waals surface area contributed by atoms with Crippen LogP contribution in [0.4, 0.5) is 0 Å². The molecule has 4 heterocycles. The van der Waals surface area contributed by atoms with Crippen LogP contribution in [0, 0.1) is 6.92 Å². The smallest absolute Gasteiger partial charge is 0.250 e. The molecule has 28 heavy (non-hydrogen) atoms. The van der Waals surface area contributed by atoms with Gasteiger partial charge in [-0.3, -0.25) is 9.78 Å². The molecule has 0 bridgehead atoms. The number of benzene rings is 1. The number of nitrogens with one attached hydrogen (secondary N) is 1. The number of fused-ring (bicyclic) bond motifs is 2. The molecule has 0 spiro atoms. The van der Waals surface area contributed by atoms with E-state index in [1.54, 1.807) is 17.5 Å². The van der Waals surface area contributed by atoms with Crippen molar-refractivity contribution >= 4 is 49.2 Å². The number of H-pyrrole nitrogens is 1. The van der Waals surface area contributed by atoms with Gasteiger partial charge in [0.05, 0.1) is 16.1 Å². The second kappa shape index (κ2) is 6.65. The van der Waals surface area contributed by atoms with Gasteiger partial charge in [0.15, 0.2) is 0 Å². The summed E-state index contributed by atoms with van der Waals surface area (Å²) < 4.78 is 0.733. The average molecular weight is 448 g/mol. The quantitative estimate of drug-likeness (QED) is 0.364. The Morgan fingerprint density at radius 3 is 2.79 bits per heavy atom. The van der Waals surface area contributed by atoms with Crippen molar-refractivity contribution in [1.29, 1.82) is 0 Å². The number of aromatic nitrogens is 3. The van der Waals surface area contributed by atoms with Crippen LogP contribution in [0.2, 0.25) is 0 Å². The molecule has 0 saturated carbocycles. The van der Waals surface area contributed by atoms with E-state index in [0.717, 1.165) is 42.5 Å². The molecule has 0 fully saturated rings. The molecule has 1 N–H and O–H groups in total. The summed E-state index contributed by atoms with van der Waals surface area (Å²) in [5, 5.41) is 1.95. The largest absolute Gasteiger partial charge is 0.306 e. The SMILES string of the molecule is Cc1ccc(-c2nc3[nH]c(=O)cc(Br)c3cc2-c2ccc3ncccc3c2)s1. The molecule has 6 heteroatoms. The molecule has 0 aliphatic carbocycles. The zero-order chi connectivity index (χ0) is 19.3. The topological polar surface area (TPSA) is 58.6 Å². The first kappa shape index (κ1) is 17.3. The van der Waals surface area contributed by atoms with E-state index in [1.807, 2.05) is 12.1 Å². The van der Waals surface area contributed by atoms with E-state index in [2.05, 4.69) is 69.2 Å². The molecule has 0 atom stereocenters. The summed E-state index contributed by atoms with van der Waals surface area (Å²) in [6.45, 7) is 2.08. The molecule has 136 valence electrons. The van der Waals surface area contributed by atoms with Gasteiger partial charge in [0, 0.05) is 37.9 Å². The minimum atomic E-state index is -0.176. The number of aromatic amines is 1. The first-order chi connectivity index (χ1) is 13.6. The molecule has 4 aromatic heterocycles. The Morgan fingerprint density at radius 1 is 1.07 bits per heavy atom. The van der Waals surface area contributed by atoms with Gasteiger partial charge in [-0.25, -0.2) is 4.98 Å². The molecule has 0 unspecified atom stereocenters. The molecule has 0 saturated heterocycles. The highest BCUT2D eigenvalue weighted by Gasteiger charge is 2.15. The summed E-state index contributed by atoms with van der Waals surface area (Å²) in [6, 6.07) is 18.0. The first-order valence-corrected chi connectivity index (χ1v) is 10.3. The number of aryl methyl sites for hydroxylation is 1. The Morgan fingerprint density at radius 2 is 1.96 bits per heavy atom. The summed E-state index contributed by atoms with van der Waals surface area (Å²) in [5.41, 5.74) is 4.31. The number of thiophene rings is 1. The van der Waals surface area contributed by atoms with E-state index in [0.29, 0.717) is 5.65 Å². The van der Waals surface area contributed by atoms with Gasteiger partial charge >= 0.3 is 0 Å². The maximum absolute atomic E-state index is 11.9. The van der Waals surface area contributed by atoms with Crippen molar-refractivity contribution in [2.24, 2.45) is 0 Å². The number of pyridine rings is 3. The van der Waals surface area contributed by atoms with Crippen molar-refractivity contribution in [3.63, 3.8) is 0 Å². The maximum atomic E-state index is 11.9. The molecule has 0 amide bonds. The number of rotatable bonds is 2. The molecule has 1 aromatic carbocycles. The zero-order valence-electron chi connectivity index (χ0n) is 14.9. The lowest BCUT2D eigenvalue weighted by molar-refractivity contribution is 1.23. The summed E-state index contributed by atoms with van der Waals surface area (Å²) in [7, 11) is 0. The summed E-state index contributed by atoms with van der Waals surface area (Å²) in [4.78, 5) is 26.3. The van der Waals surface area contributed by atoms with Gasteiger partial charge in [-0.1, -0.05) is 12.1 Å². The number of hydrogen-bond donors (Lipinski definition) is 1. The fourth-order valence-corrected chi connectivity index (χ4v) is 4.73. The van der Waals surface area contributed by atoms with Crippen LogP contribution in [0.3, 0.4) is 0 Å². The molecule has 5 aromatic rings. The minimum absolute atomic E-state index is 0.176. The van der Waals surface area contributed by atoms with E-state index in [-0.39, 0.29) is 5.56 Å². The fraction of sp³-hybridized carbons (Fsp3) is 0.0455. The molecule has 0 aliphatic rings. The number of halogens is 1. The van der Waals surface area contributed by atoms with E-state index in [9.17, 15) is 4.79 Å². The van der Waals surface area contributed by atoms with Crippen molar-refractivity contribution in [3.05, 3.63) is 80.5 Å². The monoisotopic (exact) mass is 447 g/mol. The van der Waals surface area contributed by atoms with Gasteiger partial charge < -0.3 is 4.98 Å². The predicted octanol–water partition coefficient (Wildman–Crippen LogP) is 5.94. The van der Waals surface area contributed by atoms with Crippen LogP contribution in [0.5, 0.6) is 0 Å². The van der Waals surface area contributed by atoms with E-state index < -0.39 is 0 Å². The van der Waals surface area contributed by atoms with Crippen molar-refractivity contribution in [2.75, 3.05) is 0 Å². The Balaban J connectivity index is 1.85. The Bertz CT molecular complexity index is 1420. The minimum Gasteiger partial charge on any atom is -0.306 e. The number of hydrogen-bond acceptors (Lipinski definition) is 4. The lowest BCUT2D eigenvalue weighted by Crippen LogP contribution is -2.05. The summed E-state index contributed by atoms with van der Waals surface area (Å²) >= 11 is 5.20. The molecule has 5 rings (SSSR count). The van der Waals surface area contributed by atoms with E-state index in [4.69, 9.17) is 4.98 Å². The highest BCUT2D eigenvalue weighted by Crippen LogP contribution is 2.38. The van der Waals surface area contributed by atoms with Crippen LogP contribution in [0.25, 0.3) is 43.6 Å². The normalized spacial score (nSPS) is 11.4. The van der Waals surface area contributed by atoms with Gasteiger partial charge in [-0.2, -0.15) is 0 Å². The summed E-state index contributed by atoms with van der Waals surface area (Å²) in [6.07, 6.45) is 1.80.